The predicted octanol–water partition coefficient (Wildman–Crippen LogP) is 2.87. The maximum Gasteiger partial charge on any atom is 0.276 e. The van der Waals surface area contributed by atoms with Gasteiger partial charge in [0, 0.05) is 6.54 Å². The minimum absolute atomic E-state index is 0.170. The van der Waals surface area contributed by atoms with E-state index >= 15 is 0 Å². The second kappa shape index (κ2) is 8.31. The Balaban J connectivity index is 1.92. The number of benzene rings is 2. The first-order valence-electron chi connectivity index (χ1n) is 8.75. The Morgan fingerprint density at radius 2 is 1.81 bits per heavy atom. The van der Waals surface area contributed by atoms with E-state index in [9.17, 15) is 9.59 Å². The molecular weight excluding hydrogens is 342 g/mol. The third-order valence-electron chi connectivity index (χ3n) is 4.11. The molecule has 0 spiro atoms. The van der Waals surface area contributed by atoms with Crippen LogP contribution in [0.2, 0.25) is 0 Å². The number of nitrogens with zero attached hydrogens (tertiary/aromatic N) is 2. The van der Waals surface area contributed by atoms with E-state index in [1.165, 1.54) is 10.7 Å². The van der Waals surface area contributed by atoms with Crippen molar-refractivity contribution in [1.82, 2.24) is 15.1 Å². The topological polar surface area (TPSA) is 73.2 Å². The number of ether oxygens (including phenoxy) is 1. The summed E-state index contributed by atoms with van der Waals surface area (Å²) in [7, 11) is 0. The number of carbonyl (C=O) groups excluding carboxylic acids is 1. The van der Waals surface area contributed by atoms with Crippen LogP contribution in [0.3, 0.4) is 0 Å². The van der Waals surface area contributed by atoms with Crippen LogP contribution >= 0.6 is 0 Å². The molecule has 1 aromatic heterocycles. The largest absolute Gasteiger partial charge is 0.478 e. The summed E-state index contributed by atoms with van der Waals surface area (Å²) in [4.78, 5) is 25.0. The zero-order chi connectivity index (χ0) is 19.2. The van der Waals surface area contributed by atoms with Gasteiger partial charge in [-0.05, 0) is 37.1 Å². The zero-order valence-corrected chi connectivity index (χ0v) is 15.3. The van der Waals surface area contributed by atoms with Gasteiger partial charge in [0.15, 0.2) is 5.69 Å². The standard InChI is InChI=1S/C21H21N3O3/c1-3-27-19-13-18(25)20(23-24(19)17-11-5-4-6-12-17)21(26)22-14-16-10-8-7-9-15(16)2/h4-13H,3,14H2,1-2H3,(H,22,26). The molecule has 0 unspecified atom stereocenters. The van der Waals surface area contributed by atoms with Crippen molar-refractivity contribution in [2.75, 3.05) is 6.61 Å². The van der Waals surface area contributed by atoms with E-state index in [2.05, 4.69) is 10.4 Å². The number of hydrogen-bond acceptors (Lipinski definition) is 4. The number of aromatic nitrogens is 2. The summed E-state index contributed by atoms with van der Waals surface area (Å²) in [6.45, 7) is 4.50. The average molecular weight is 363 g/mol. The quantitative estimate of drug-likeness (QED) is 0.731. The Bertz CT molecular complexity index is 997. The molecule has 1 amide bonds. The second-order valence-electron chi connectivity index (χ2n) is 5.98. The van der Waals surface area contributed by atoms with Crippen molar-refractivity contribution < 1.29 is 9.53 Å². The normalized spacial score (nSPS) is 10.4. The van der Waals surface area contributed by atoms with Crippen LogP contribution in [-0.4, -0.2) is 22.3 Å². The SMILES string of the molecule is CCOc1cc(=O)c(C(=O)NCc2ccccc2C)nn1-c1ccccc1. The fourth-order valence-electron chi connectivity index (χ4n) is 2.67. The van der Waals surface area contributed by atoms with Crippen molar-refractivity contribution in [2.45, 2.75) is 20.4 Å². The van der Waals surface area contributed by atoms with Crippen molar-refractivity contribution in [3.8, 4) is 11.6 Å². The Kier molecular flexibility index (Phi) is 5.66. The van der Waals surface area contributed by atoms with Gasteiger partial charge < -0.3 is 10.1 Å². The first kappa shape index (κ1) is 18.4. The molecule has 3 aromatic rings. The maximum absolute atomic E-state index is 12.6. The van der Waals surface area contributed by atoms with E-state index in [4.69, 9.17) is 4.74 Å². The first-order chi connectivity index (χ1) is 13.1. The lowest BCUT2D eigenvalue weighted by Crippen LogP contribution is -2.31. The Morgan fingerprint density at radius 3 is 2.52 bits per heavy atom. The lowest BCUT2D eigenvalue weighted by molar-refractivity contribution is 0.0942. The summed E-state index contributed by atoms with van der Waals surface area (Å²) in [6, 6.07) is 18.3. The molecule has 6 heteroatoms. The van der Waals surface area contributed by atoms with Crippen LogP contribution in [0.25, 0.3) is 5.69 Å². The summed E-state index contributed by atoms with van der Waals surface area (Å²) in [5.41, 5.74) is 2.11. The van der Waals surface area contributed by atoms with Crippen LogP contribution in [0, 0.1) is 6.92 Å². The molecule has 138 valence electrons. The number of hydrogen-bond donors (Lipinski definition) is 1. The number of carbonyl (C=O) groups is 1. The van der Waals surface area contributed by atoms with Gasteiger partial charge in [-0.15, -0.1) is 0 Å². The minimum Gasteiger partial charge on any atom is -0.478 e. The summed E-state index contributed by atoms with van der Waals surface area (Å²) in [6.07, 6.45) is 0. The van der Waals surface area contributed by atoms with Gasteiger partial charge in [-0.3, -0.25) is 9.59 Å². The van der Waals surface area contributed by atoms with Crippen LogP contribution < -0.4 is 15.5 Å². The van der Waals surface area contributed by atoms with Crippen LogP contribution in [0.5, 0.6) is 5.88 Å². The molecule has 27 heavy (non-hydrogen) atoms. The number of nitrogens with one attached hydrogen (secondary N) is 1. The van der Waals surface area contributed by atoms with E-state index in [-0.39, 0.29) is 5.69 Å². The van der Waals surface area contributed by atoms with E-state index < -0.39 is 11.3 Å². The average Bonchev–Trinajstić information content (AvgIpc) is 2.68. The van der Waals surface area contributed by atoms with Crippen molar-refractivity contribution >= 4 is 5.91 Å². The van der Waals surface area contributed by atoms with E-state index in [1.807, 2.05) is 68.4 Å². The molecule has 1 N–H and O–H groups in total. The first-order valence-corrected chi connectivity index (χ1v) is 8.75. The molecule has 0 radical (unpaired) electrons. The third kappa shape index (κ3) is 4.23. The lowest BCUT2D eigenvalue weighted by Gasteiger charge is -2.14. The van der Waals surface area contributed by atoms with Crippen molar-refractivity contribution in [2.24, 2.45) is 0 Å². The highest BCUT2D eigenvalue weighted by molar-refractivity contribution is 5.92. The molecule has 2 aromatic carbocycles. The maximum atomic E-state index is 12.6. The van der Waals surface area contributed by atoms with Gasteiger partial charge in [0.2, 0.25) is 11.3 Å². The molecule has 0 fully saturated rings. The highest BCUT2D eigenvalue weighted by atomic mass is 16.5. The van der Waals surface area contributed by atoms with Gasteiger partial charge >= 0.3 is 0 Å². The van der Waals surface area contributed by atoms with E-state index in [0.717, 1.165) is 11.1 Å². The summed E-state index contributed by atoms with van der Waals surface area (Å²) in [5, 5.41) is 7.03. The monoisotopic (exact) mass is 363 g/mol. The van der Waals surface area contributed by atoms with Gasteiger partial charge in [-0.25, -0.2) is 4.68 Å². The molecule has 0 aliphatic heterocycles. The summed E-state index contributed by atoms with van der Waals surface area (Å²) >= 11 is 0. The van der Waals surface area contributed by atoms with Crippen molar-refractivity contribution in [3.05, 3.63) is 87.7 Å². The molecule has 0 atom stereocenters. The molecular formula is C21H21N3O3. The van der Waals surface area contributed by atoms with E-state index in [1.54, 1.807) is 0 Å². The van der Waals surface area contributed by atoms with Crippen molar-refractivity contribution in [1.29, 1.82) is 0 Å². The molecule has 0 saturated carbocycles. The smallest absolute Gasteiger partial charge is 0.276 e. The van der Waals surface area contributed by atoms with Crippen LogP contribution in [0.4, 0.5) is 0 Å². The van der Waals surface area contributed by atoms with Gasteiger partial charge in [-0.1, -0.05) is 42.5 Å². The highest BCUT2D eigenvalue weighted by Gasteiger charge is 2.17. The fraction of sp³-hybridized carbons (Fsp3) is 0.190. The molecule has 3 rings (SSSR count). The van der Waals surface area contributed by atoms with Gasteiger partial charge in [0.1, 0.15) is 0 Å². The van der Waals surface area contributed by atoms with Crippen LogP contribution in [0.1, 0.15) is 28.5 Å². The summed E-state index contributed by atoms with van der Waals surface area (Å²) < 4.78 is 6.99. The Labute approximate surface area is 157 Å². The molecule has 0 saturated heterocycles. The highest BCUT2D eigenvalue weighted by Crippen LogP contribution is 2.15. The number of rotatable bonds is 6. The van der Waals surface area contributed by atoms with Gasteiger partial charge in [0.05, 0.1) is 18.4 Å². The lowest BCUT2D eigenvalue weighted by atomic mass is 10.1. The molecule has 1 heterocycles. The van der Waals surface area contributed by atoms with E-state index in [0.29, 0.717) is 24.7 Å². The Morgan fingerprint density at radius 1 is 1.11 bits per heavy atom. The number of para-hydroxylation sites is 1. The molecule has 0 aliphatic rings. The fourth-order valence-corrected chi connectivity index (χ4v) is 2.67. The third-order valence-corrected chi connectivity index (χ3v) is 4.11. The summed E-state index contributed by atoms with van der Waals surface area (Å²) in [5.74, 6) is -0.222. The molecule has 0 bridgehead atoms. The van der Waals surface area contributed by atoms with Crippen LogP contribution in [-0.2, 0) is 6.54 Å². The predicted molar refractivity (Wildman–Crippen MR) is 103 cm³/mol. The zero-order valence-electron chi connectivity index (χ0n) is 15.3. The second-order valence-corrected chi connectivity index (χ2v) is 5.98. The van der Waals surface area contributed by atoms with Crippen molar-refractivity contribution in [3.63, 3.8) is 0 Å². The minimum atomic E-state index is -0.518. The molecule has 0 aliphatic carbocycles. The van der Waals surface area contributed by atoms with Crippen LogP contribution in [0.15, 0.2) is 65.5 Å². The van der Waals surface area contributed by atoms with Gasteiger partial charge in [0.25, 0.3) is 5.91 Å². The number of amides is 1. The Hall–Kier alpha value is -3.41. The molecule has 6 nitrogen and oxygen atoms in total. The number of aryl methyl sites for hydroxylation is 1. The van der Waals surface area contributed by atoms with Gasteiger partial charge in [-0.2, -0.15) is 5.10 Å².